The van der Waals surface area contributed by atoms with Crippen LogP contribution in [-0.4, -0.2) is 23.5 Å². The van der Waals surface area contributed by atoms with Crippen LogP contribution < -0.4 is 5.73 Å². The number of hydrogen-bond acceptors (Lipinski definition) is 3. The molecule has 0 aromatic carbocycles. The van der Waals surface area contributed by atoms with Crippen molar-refractivity contribution in [1.29, 1.82) is 0 Å². The zero-order chi connectivity index (χ0) is 8.27. The summed E-state index contributed by atoms with van der Waals surface area (Å²) in [6.45, 7) is 0.443. The van der Waals surface area contributed by atoms with Crippen LogP contribution in [0.3, 0.4) is 0 Å². The molecule has 60 valence electrons. The number of ketones is 1. The van der Waals surface area contributed by atoms with Crippen molar-refractivity contribution in [3.63, 3.8) is 0 Å². The Morgan fingerprint density at radius 2 is 2.36 bits per heavy atom. The van der Waals surface area contributed by atoms with Crippen molar-refractivity contribution in [3.05, 3.63) is 23.8 Å². The molecule has 0 aliphatic heterocycles. The third-order valence-corrected chi connectivity index (χ3v) is 1.59. The van der Waals surface area contributed by atoms with E-state index >= 15 is 0 Å². The molecule has 0 saturated heterocycles. The number of Topliss-reactive ketones (excluding diaryl/α,β-unsaturated/α-hetero) is 1. The number of aliphatic hydroxyl groups excluding tert-OH is 1. The highest BCUT2D eigenvalue weighted by molar-refractivity contribution is 6.01. The summed E-state index contributed by atoms with van der Waals surface area (Å²) in [5.74, 6) is -0.224. The molecule has 0 fully saturated rings. The van der Waals surface area contributed by atoms with Gasteiger partial charge in [-0.3, -0.25) is 4.79 Å². The summed E-state index contributed by atoms with van der Waals surface area (Å²) in [4.78, 5) is 11.1. The van der Waals surface area contributed by atoms with Crippen LogP contribution in [0.1, 0.15) is 6.42 Å². The second-order valence-corrected chi connectivity index (χ2v) is 2.42. The normalized spacial score (nSPS) is 23.6. The summed E-state index contributed by atoms with van der Waals surface area (Å²) in [6, 6.07) is 0. The Kier molecular flexibility index (Phi) is 2.57. The first-order chi connectivity index (χ1) is 5.25. The maximum Gasteiger partial charge on any atom is 0.191 e. The fourth-order valence-corrected chi connectivity index (χ4v) is 0.998. The third-order valence-electron chi connectivity index (χ3n) is 1.59. The summed E-state index contributed by atoms with van der Waals surface area (Å²) in [6.07, 6.45) is 4.42. The molecule has 0 radical (unpaired) electrons. The number of aliphatic hydroxyl groups is 1. The summed E-state index contributed by atoms with van der Waals surface area (Å²) in [7, 11) is 0. The van der Waals surface area contributed by atoms with Gasteiger partial charge in [0.1, 0.15) is 6.10 Å². The average Bonchev–Trinajstić information content (AvgIpc) is 1.99. The predicted octanol–water partition coefficient (Wildman–Crippen LogP) is -0.239. The van der Waals surface area contributed by atoms with E-state index in [1.807, 2.05) is 0 Å². The Balaban J connectivity index is 2.70. The van der Waals surface area contributed by atoms with Crippen LogP contribution in [0.5, 0.6) is 0 Å². The van der Waals surface area contributed by atoms with Gasteiger partial charge >= 0.3 is 0 Å². The van der Waals surface area contributed by atoms with Crippen LogP contribution in [-0.2, 0) is 4.79 Å². The van der Waals surface area contributed by atoms with E-state index in [2.05, 4.69) is 0 Å². The third kappa shape index (κ3) is 1.76. The number of carbonyl (C=O) groups is 1. The van der Waals surface area contributed by atoms with Gasteiger partial charge in [-0.1, -0.05) is 12.2 Å². The first kappa shape index (κ1) is 8.17. The number of rotatable bonds is 2. The first-order valence-corrected chi connectivity index (χ1v) is 3.55. The van der Waals surface area contributed by atoms with Gasteiger partial charge in [-0.25, -0.2) is 0 Å². The monoisotopic (exact) mass is 153 g/mol. The van der Waals surface area contributed by atoms with Crippen LogP contribution in [0.4, 0.5) is 0 Å². The van der Waals surface area contributed by atoms with E-state index in [0.717, 1.165) is 0 Å². The summed E-state index contributed by atoms with van der Waals surface area (Å²) < 4.78 is 0. The smallest absolute Gasteiger partial charge is 0.191 e. The fraction of sp³-hybridized carbons (Fsp3) is 0.375. The van der Waals surface area contributed by atoms with E-state index in [-0.39, 0.29) is 5.78 Å². The lowest BCUT2D eigenvalue weighted by Gasteiger charge is -2.10. The first-order valence-electron chi connectivity index (χ1n) is 3.55. The molecule has 3 heteroatoms. The van der Waals surface area contributed by atoms with Gasteiger partial charge in [0.05, 0.1) is 0 Å². The van der Waals surface area contributed by atoms with Crippen molar-refractivity contribution in [2.75, 3.05) is 6.54 Å². The Morgan fingerprint density at radius 1 is 1.64 bits per heavy atom. The summed E-state index contributed by atoms with van der Waals surface area (Å²) in [5, 5.41) is 9.06. The van der Waals surface area contributed by atoms with Crippen molar-refractivity contribution in [1.82, 2.24) is 0 Å². The number of carbonyl (C=O) groups excluding carboxylic acids is 1. The molecule has 1 aliphatic rings. The van der Waals surface area contributed by atoms with Gasteiger partial charge in [0.2, 0.25) is 0 Å². The molecule has 0 aromatic rings. The maximum absolute atomic E-state index is 11.1. The predicted molar refractivity (Wildman–Crippen MR) is 41.9 cm³/mol. The molecule has 0 spiro atoms. The van der Waals surface area contributed by atoms with E-state index in [9.17, 15) is 4.79 Å². The van der Waals surface area contributed by atoms with Crippen molar-refractivity contribution < 1.29 is 9.90 Å². The molecule has 11 heavy (non-hydrogen) atoms. The highest BCUT2D eigenvalue weighted by Gasteiger charge is 2.18. The molecular weight excluding hydrogens is 142 g/mol. The highest BCUT2D eigenvalue weighted by Crippen LogP contribution is 2.10. The summed E-state index contributed by atoms with van der Waals surface area (Å²) in [5.41, 5.74) is 5.88. The van der Waals surface area contributed by atoms with E-state index in [4.69, 9.17) is 10.8 Å². The molecule has 0 amide bonds. The Labute approximate surface area is 65.2 Å². The molecule has 3 N–H and O–H groups in total. The van der Waals surface area contributed by atoms with Gasteiger partial charge < -0.3 is 10.8 Å². The topological polar surface area (TPSA) is 63.3 Å². The quantitative estimate of drug-likeness (QED) is 0.575. The summed E-state index contributed by atoms with van der Waals surface area (Å²) >= 11 is 0. The SMILES string of the molecule is NCCC1=CC=CC(O)C1=O. The molecule has 0 bridgehead atoms. The lowest BCUT2D eigenvalue weighted by atomic mass is 9.99. The van der Waals surface area contributed by atoms with Crippen LogP contribution >= 0.6 is 0 Å². The Bertz CT molecular complexity index is 218. The molecule has 3 nitrogen and oxygen atoms in total. The van der Waals surface area contributed by atoms with Gasteiger partial charge in [0.25, 0.3) is 0 Å². The minimum absolute atomic E-state index is 0.224. The van der Waals surface area contributed by atoms with Gasteiger partial charge in [0.15, 0.2) is 5.78 Å². The van der Waals surface area contributed by atoms with Gasteiger partial charge in [-0.05, 0) is 24.6 Å². The van der Waals surface area contributed by atoms with Gasteiger partial charge in [-0.2, -0.15) is 0 Å². The highest BCUT2D eigenvalue weighted by atomic mass is 16.3. The second kappa shape index (κ2) is 3.46. The van der Waals surface area contributed by atoms with E-state index in [1.165, 1.54) is 6.08 Å². The van der Waals surface area contributed by atoms with Crippen LogP contribution in [0, 0.1) is 0 Å². The maximum atomic E-state index is 11.1. The minimum atomic E-state index is -0.957. The lowest BCUT2D eigenvalue weighted by molar-refractivity contribution is -0.121. The van der Waals surface area contributed by atoms with Crippen LogP contribution in [0.2, 0.25) is 0 Å². The fourth-order valence-electron chi connectivity index (χ4n) is 0.998. The molecular formula is C8H11NO2. The van der Waals surface area contributed by atoms with E-state index in [0.29, 0.717) is 18.5 Å². The second-order valence-electron chi connectivity index (χ2n) is 2.42. The van der Waals surface area contributed by atoms with Crippen molar-refractivity contribution >= 4 is 5.78 Å². The standard InChI is InChI=1S/C8H11NO2/c9-5-4-6-2-1-3-7(10)8(6)11/h1-3,7,10H,4-5,9H2. The molecule has 1 atom stereocenters. The Morgan fingerprint density at radius 3 is 3.00 bits per heavy atom. The van der Waals surface area contributed by atoms with Gasteiger partial charge in [-0.15, -0.1) is 0 Å². The molecule has 0 aromatic heterocycles. The van der Waals surface area contributed by atoms with Gasteiger partial charge in [0, 0.05) is 0 Å². The lowest BCUT2D eigenvalue weighted by Crippen LogP contribution is -2.23. The Hall–Kier alpha value is -0.930. The number of nitrogens with two attached hydrogens (primary N) is 1. The van der Waals surface area contributed by atoms with Crippen molar-refractivity contribution in [2.45, 2.75) is 12.5 Å². The molecule has 1 rings (SSSR count). The molecule has 1 aliphatic carbocycles. The molecule has 1 unspecified atom stereocenters. The molecule has 0 saturated carbocycles. The largest absolute Gasteiger partial charge is 0.381 e. The average molecular weight is 153 g/mol. The number of hydrogen-bond donors (Lipinski definition) is 2. The molecule has 0 heterocycles. The number of allylic oxidation sites excluding steroid dienone is 2. The minimum Gasteiger partial charge on any atom is -0.381 e. The zero-order valence-corrected chi connectivity index (χ0v) is 6.16. The van der Waals surface area contributed by atoms with E-state index < -0.39 is 6.10 Å². The van der Waals surface area contributed by atoms with Crippen molar-refractivity contribution in [3.8, 4) is 0 Å². The van der Waals surface area contributed by atoms with E-state index in [1.54, 1.807) is 12.2 Å². The van der Waals surface area contributed by atoms with Crippen molar-refractivity contribution in [2.24, 2.45) is 5.73 Å². The zero-order valence-electron chi connectivity index (χ0n) is 6.16. The van der Waals surface area contributed by atoms with Crippen LogP contribution in [0.15, 0.2) is 23.8 Å². The van der Waals surface area contributed by atoms with Crippen LogP contribution in [0.25, 0.3) is 0 Å².